The molecule has 0 spiro atoms. The molecule has 0 unspecified atom stereocenters. The van der Waals surface area contributed by atoms with Crippen molar-refractivity contribution >= 4 is 22.1 Å². The number of halogens is 2. The van der Waals surface area contributed by atoms with Gasteiger partial charge in [0.25, 0.3) is 0 Å². The smallest absolute Gasteiger partial charge is 0.244 e. The molecular weight excluding hydrogens is 552 g/mol. The Kier molecular flexibility index (Phi) is 12.3. The lowest BCUT2D eigenvalue weighted by Gasteiger charge is -2.03. The van der Waals surface area contributed by atoms with E-state index in [9.17, 15) is 0 Å². The summed E-state index contributed by atoms with van der Waals surface area (Å²) in [6.07, 6.45) is 18.1. The molecule has 186 valence electrons. The monoisotopic (exact) mass is 590 g/mol. The highest BCUT2D eigenvalue weighted by molar-refractivity contribution is 5.72. The zero-order valence-corrected chi connectivity index (χ0v) is 24.0. The van der Waals surface area contributed by atoms with E-state index in [-0.39, 0.29) is 34.0 Å². The molecule has 0 saturated heterocycles. The predicted molar refractivity (Wildman–Crippen MR) is 132 cm³/mol. The fraction of sp³-hybridized carbons (Fsp3) is 0.500. The van der Waals surface area contributed by atoms with Crippen molar-refractivity contribution in [2.45, 2.75) is 77.3 Å². The molecule has 2 heterocycles. The van der Waals surface area contributed by atoms with Crippen molar-refractivity contribution in [3.05, 3.63) is 61.2 Å². The number of hydrogen-bond donors (Lipinski definition) is 0. The molecule has 2 aromatic carbocycles. The van der Waals surface area contributed by atoms with E-state index in [0.717, 1.165) is 13.1 Å². The molecule has 0 saturated carbocycles. The summed E-state index contributed by atoms with van der Waals surface area (Å²) in [6, 6.07) is 17.4. The standard InChI is InChI=1S/C28H40N4.2BrH/c1-29-23-31(27-19-13-11-17-25(27)29)21-15-9-7-5-3-4-6-8-10-16-22-32-24-30(2)26-18-12-14-20-28(26)32;;/h11-14,17-20,23-24H,3-10,15-16,21-22H2,1-2H3;2*1H/q+2;;/p-2. The molecule has 0 atom stereocenters. The van der Waals surface area contributed by atoms with Crippen LogP contribution < -0.4 is 43.1 Å². The van der Waals surface area contributed by atoms with E-state index in [2.05, 4.69) is 93.5 Å². The maximum atomic E-state index is 2.41. The van der Waals surface area contributed by atoms with Gasteiger partial charge in [0, 0.05) is 0 Å². The van der Waals surface area contributed by atoms with Gasteiger partial charge in [0.2, 0.25) is 12.7 Å². The van der Waals surface area contributed by atoms with E-state index < -0.39 is 0 Å². The van der Waals surface area contributed by atoms with Crippen LogP contribution in [-0.4, -0.2) is 9.13 Å². The van der Waals surface area contributed by atoms with Crippen LogP contribution in [0.3, 0.4) is 0 Å². The number of aryl methyl sites for hydroxylation is 4. The van der Waals surface area contributed by atoms with Crippen LogP contribution in [0.4, 0.5) is 0 Å². The van der Waals surface area contributed by atoms with Gasteiger partial charge in [-0.25, -0.2) is 18.3 Å². The zero-order valence-electron chi connectivity index (χ0n) is 20.8. The van der Waals surface area contributed by atoms with E-state index in [4.69, 9.17) is 0 Å². The summed E-state index contributed by atoms with van der Waals surface area (Å²) in [5.41, 5.74) is 5.36. The summed E-state index contributed by atoms with van der Waals surface area (Å²) in [7, 11) is 4.28. The second-order valence-corrected chi connectivity index (χ2v) is 9.35. The Labute approximate surface area is 226 Å². The van der Waals surface area contributed by atoms with Crippen molar-refractivity contribution in [1.82, 2.24) is 9.13 Å². The minimum Gasteiger partial charge on any atom is -1.00 e. The van der Waals surface area contributed by atoms with Gasteiger partial charge >= 0.3 is 0 Å². The van der Waals surface area contributed by atoms with Crippen LogP contribution in [0.2, 0.25) is 0 Å². The molecule has 6 heteroatoms. The van der Waals surface area contributed by atoms with Crippen LogP contribution >= 0.6 is 0 Å². The molecule has 0 fully saturated rings. The van der Waals surface area contributed by atoms with Gasteiger partial charge in [-0.3, -0.25) is 0 Å². The number of imidazole rings is 2. The van der Waals surface area contributed by atoms with Gasteiger partial charge in [0.05, 0.1) is 27.2 Å². The third-order valence-electron chi connectivity index (χ3n) is 6.82. The van der Waals surface area contributed by atoms with Crippen molar-refractivity contribution in [2.75, 3.05) is 0 Å². The number of para-hydroxylation sites is 4. The van der Waals surface area contributed by atoms with Crippen LogP contribution in [0.25, 0.3) is 22.1 Å². The van der Waals surface area contributed by atoms with Crippen molar-refractivity contribution in [2.24, 2.45) is 14.1 Å². The Hall–Kier alpha value is -1.66. The molecule has 0 bridgehead atoms. The highest BCUT2D eigenvalue weighted by Crippen LogP contribution is 2.15. The fourth-order valence-corrected chi connectivity index (χ4v) is 5.01. The van der Waals surface area contributed by atoms with E-state index in [0.29, 0.717) is 0 Å². The summed E-state index contributed by atoms with van der Waals surface area (Å²) >= 11 is 0. The molecule has 4 nitrogen and oxygen atoms in total. The third-order valence-corrected chi connectivity index (χ3v) is 6.82. The predicted octanol–water partition coefficient (Wildman–Crippen LogP) is -0.146. The number of rotatable bonds is 13. The Morgan fingerprint density at radius 3 is 1.21 bits per heavy atom. The number of benzene rings is 2. The maximum Gasteiger partial charge on any atom is 0.244 e. The van der Waals surface area contributed by atoms with Gasteiger partial charge < -0.3 is 34.0 Å². The number of unbranched alkanes of at least 4 members (excludes halogenated alkanes) is 9. The lowest BCUT2D eigenvalue weighted by molar-refractivity contribution is -0.645. The summed E-state index contributed by atoms with van der Waals surface area (Å²) in [5.74, 6) is 0. The quantitative estimate of drug-likeness (QED) is 0.152. The first-order chi connectivity index (χ1) is 15.7. The lowest BCUT2D eigenvalue weighted by Crippen LogP contribution is -3.00. The molecule has 34 heavy (non-hydrogen) atoms. The van der Waals surface area contributed by atoms with Gasteiger partial charge in [0.15, 0.2) is 22.1 Å². The second-order valence-electron chi connectivity index (χ2n) is 9.35. The molecule has 4 rings (SSSR count). The lowest BCUT2D eigenvalue weighted by atomic mass is 10.1. The molecule has 2 aromatic heterocycles. The highest BCUT2D eigenvalue weighted by atomic mass is 79.9. The molecule has 0 aliphatic heterocycles. The number of fused-ring (bicyclic) bond motifs is 2. The summed E-state index contributed by atoms with van der Waals surface area (Å²) < 4.78 is 9.28. The molecule has 0 aliphatic carbocycles. The normalized spacial score (nSPS) is 11.0. The topological polar surface area (TPSA) is 17.6 Å². The molecule has 0 N–H and O–H groups in total. The second kappa shape index (κ2) is 14.7. The minimum atomic E-state index is 0. The Balaban J connectivity index is 0.00000204. The van der Waals surface area contributed by atoms with E-state index in [1.165, 1.54) is 86.3 Å². The average molecular weight is 592 g/mol. The summed E-state index contributed by atoms with van der Waals surface area (Å²) in [6.45, 7) is 2.27. The largest absolute Gasteiger partial charge is 1.00 e. The summed E-state index contributed by atoms with van der Waals surface area (Å²) in [4.78, 5) is 0. The first kappa shape index (κ1) is 28.6. The molecule has 0 aliphatic rings. The van der Waals surface area contributed by atoms with Crippen molar-refractivity contribution in [1.29, 1.82) is 0 Å². The van der Waals surface area contributed by atoms with E-state index >= 15 is 0 Å². The maximum absolute atomic E-state index is 2.41. The average Bonchev–Trinajstić information content (AvgIpc) is 3.31. The number of nitrogens with zero attached hydrogens (tertiary/aromatic N) is 4. The minimum absolute atomic E-state index is 0. The van der Waals surface area contributed by atoms with Gasteiger partial charge in [-0.1, -0.05) is 62.8 Å². The molecule has 0 amide bonds. The first-order valence-corrected chi connectivity index (χ1v) is 12.6. The summed E-state index contributed by atoms with van der Waals surface area (Å²) in [5, 5.41) is 0. The van der Waals surface area contributed by atoms with Gasteiger partial charge in [-0.15, -0.1) is 0 Å². The van der Waals surface area contributed by atoms with Crippen LogP contribution in [0, 0.1) is 0 Å². The van der Waals surface area contributed by atoms with Crippen LogP contribution in [0.15, 0.2) is 61.2 Å². The Bertz CT molecular complexity index is 1040. The SMILES string of the molecule is C[n+]1cn(CCCCCCCCCCCCn2c[n+](C)c3ccccc32)c2ccccc21.[Br-].[Br-]. The fourth-order valence-electron chi connectivity index (χ4n) is 5.01. The van der Waals surface area contributed by atoms with Crippen LogP contribution in [0.1, 0.15) is 64.2 Å². The number of hydrogen-bond acceptors (Lipinski definition) is 0. The van der Waals surface area contributed by atoms with Crippen LogP contribution in [-0.2, 0) is 27.2 Å². The Morgan fingerprint density at radius 2 is 0.824 bits per heavy atom. The van der Waals surface area contributed by atoms with Crippen molar-refractivity contribution < 1.29 is 43.1 Å². The van der Waals surface area contributed by atoms with Crippen molar-refractivity contribution in [3.63, 3.8) is 0 Å². The van der Waals surface area contributed by atoms with Crippen LogP contribution in [0.5, 0.6) is 0 Å². The first-order valence-electron chi connectivity index (χ1n) is 12.6. The van der Waals surface area contributed by atoms with Gasteiger partial charge in [-0.2, -0.15) is 0 Å². The van der Waals surface area contributed by atoms with E-state index in [1.807, 2.05) is 0 Å². The molecular formula is C28H40Br2N4. The highest BCUT2D eigenvalue weighted by Gasteiger charge is 2.12. The van der Waals surface area contributed by atoms with E-state index in [1.54, 1.807) is 0 Å². The van der Waals surface area contributed by atoms with Gasteiger partial charge in [0.1, 0.15) is 0 Å². The van der Waals surface area contributed by atoms with Gasteiger partial charge in [-0.05, 0) is 49.9 Å². The molecule has 4 aromatic rings. The number of aromatic nitrogens is 4. The van der Waals surface area contributed by atoms with Crippen molar-refractivity contribution in [3.8, 4) is 0 Å². The third kappa shape index (κ3) is 7.42. The molecule has 0 radical (unpaired) electrons. The Morgan fingerprint density at radius 1 is 0.500 bits per heavy atom. The zero-order chi connectivity index (χ0) is 22.2.